The van der Waals surface area contributed by atoms with Crippen molar-refractivity contribution in [1.82, 2.24) is 0 Å². The highest BCUT2D eigenvalue weighted by Gasteiger charge is 2.14. The minimum Gasteiger partial charge on any atom is -0.493 e. The summed E-state index contributed by atoms with van der Waals surface area (Å²) in [5.41, 5.74) is 0.877. The molecule has 16 heavy (non-hydrogen) atoms. The number of carboxylic acids is 1. The van der Waals surface area contributed by atoms with E-state index < -0.39 is 10.8 Å². The van der Waals surface area contributed by atoms with Gasteiger partial charge in [0, 0.05) is 0 Å². The van der Waals surface area contributed by atoms with Crippen molar-refractivity contribution in [2.24, 2.45) is 0 Å². The predicted molar refractivity (Wildman–Crippen MR) is 63.6 cm³/mol. The second kappa shape index (κ2) is 5.75. The van der Waals surface area contributed by atoms with E-state index in [0.717, 1.165) is 5.56 Å². The lowest BCUT2D eigenvalue weighted by atomic mass is 10.1. The van der Waals surface area contributed by atoms with Crippen LogP contribution in [0.4, 0.5) is 0 Å². The molecular weight excluding hydrogens is 276 g/mol. The predicted octanol–water partition coefficient (Wildman–Crippen LogP) is 2.09. The van der Waals surface area contributed by atoms with E-state index in [9.17, 15) is 4.79 Å². The quantitative estimate of drug-likeness (QED) is 0.843. The number of hydrogen-bond acceptors (Lipinski definition) is 3. The van der Waals surface area contributed by atoms with Gasteiger partial charge in [-0.25, -0.2) is 0 Å². The van der Waals surface area contributed by atoms with E-state index in [-0.39, 0.29) is 0 Å². The normalized spacial score (nSPS) is 11.9. The van der Waals surface area contributed by atoms with Crippen molar-refractivity contribution in [3.8, 4) is 11.5 Å². The Balaban J connectivity index is 2.86. The van der Waals surface area contributed by atoms with Crippen LogP contribution in [0.15, 0.2) is 18.2 Å². The molecule has 1 aromatic rings. The molecule has 1 rings (SSSR count). The molecular formula is C11H13BrO4. The van der Waals surface area contributed by atoms with Crippen LogP contribution < -0.4 is 9.47 Å². The van der Waals surface area contributed by atoms with Crippen LogP contribution >= 0.6 is 15.9 Å². The lowest BCUT2D eigenvalue weighted by Gasteiger charge is -2.10. The number of hydrogen-bond donors (Lipinski definition) is 1. The van der Waals surface area contributed by atoms with Gasteiger partial charge in [-0.15, -0.1) is 0 Å². The van der Waals surface area contributed by atoms with Crippen molar-refractivity contribution >= 4 is 21.9 Å². The third kappa shape index (κ3) is 3.13. The molecule has 0 amide bonds. The zero-order valence-corrected chi connectivity index (χ0v) is 10.7. The third-order valence-corrected chi connectivity index (χ3v) is 2.85. The molecule has 0 aliphatic heterocycles. The Labute approximate surface area is 102 Å². The molecule has 1 unspecified atom stereocenters. The van der Waals surface area contributed by atoms with Crippen LogP contribution in [0, 0.1) is 0 Å². The van der Waals surface area contributed by atoms with Crippen molar-refractivity contribution in [2.75, 3.05) is 14.2 Å². The van der Waals surface area contributed by atoms with Crippen LogP contribution in [0.25, 0.3) is 0 Å². The molecule has 0 fully saturated rings. The molecule has 4 nitrogen and oxygen atoms in total. The summed E-state index contributed by atoms with van der Waals surface area (Å²) in [6.07, 6.45) is 0.398. The van der Waals surface area contributed by atoms with Gasteiger partial charge in [-0.3, -0.25) is 4.79 Å². The van der Waals surface area contributed by atoms with Crippen LogP contribution in [0.2, 0.25) is 0 Å². The maximum absolute atomic E-state index is 10.7. The van der Waals surface area contributed by atoms with E-state index in [4.69, 9.17) is 14.6 Å². The largest absolute Gasteiger partial charge is 0.493 e. The van der Waals surface area contributed by atoms with Gasteiger partial charge in [-0.1, -0.05) is 22.0 Å². The van der Waals surface area contributed by atoms with Crippen molar-refractivity contribution in [1.29, 1.82) is 0 Å². The fourth-order valence-corrected chi connectivity index (χ4v) is 1.68. The molecule has 0 aliphatic carbocycles. The van der Waals surface area contributed by atoms with Crippen LogP contribution in [0.1, 0.15) is 5.56 Å². The van der Waals surface area contributed by atoms with Crippen LogP contribution in [-0.2, 0) is 11.2 Å². The van der Waals surface area contributed by atoms with Gasteiger partial charge in [0.15, 0.2) is 11.5 Å². The van der Waals surface area contributed by atoms with Crippen LogP contribution in [0.3, 0.4) is 0 Å². The number of rotatable bonds is 5. The zero-order valence-electron chi connectivity index (χ0n) is 9.07. The Morgan fingerprint density at radius 1 is 1.38 bits per heavy atom. The standard InChI is InChI=1S/C11H13BrO4/c1-15-9-4-3-7(6-10(9)16-2)5-8(12)11(13)14/h3-4,6,8H,5H2,1-2H3,(H,13,14). The first-order valence-electron chi connectivity index (χ1n) is 4.66. The highest BCUT2D eigenvalue weighted by atomic mass is 79.9. The minimum absolute atomic E-state index is 0.398. The van der Waals surface area contributed by atoms with Crippen molar-refractivity contribution in [3.63, 3.8) is 0 Å². The maximum Gasteiger partial charge on any atom is 0.317 e. The highest BCUT2D eigenvalue weighted by Crippen LogP contribution is 2.28. The van der Waals surface area contributed by atoms with Gasteiger partial charge >= 0.3 is 5.97 Å². The average molecular weight is 289 g/mol. The van der Waals surface area contributed by atoms with E-state index >= 15 is 0 Å². The number of alkyl halides is 1. The second-order valence-electron chi connectivity index (χ2n) is 3.20. The molecule has 0 saturated carbocycles. The van der Waals surface area contributed by atoms with Crippen molar-refractivity contribution < 1.29 is 19.4 Å². The van der Waals surface area contributed by atoms with Crippen molar-refractivity contribution in [2.45, 2.75) is 11.2 Å². The van der Waals surface area contributed by atoms with Gasteiger partial charge in [0.05, 0.1) is 14.2 Å². The summed E-state index contributed by atoms with van der Waals surface area (Å²) in [6.45, 7) is 0. The van der Waals surface area contributed by atoms with Crippen LogP contribution in [-0.4, -0.2) is 30.1 Å². The first-order chi connectivity index (χ1) is 7.58. The summed E-state index contributed by atoms with van der Waals surface area (Å²) in [5, 5.41) is 8.77. The van der Waals surface area contributed by atoms with E-state index in [1.54, 1.807) is 26.4 Å². The number of carboxylic acid groups (broad SMARTS) is 1. The maximum atomic E-state index is 10.7. The monoisotopic (exact) mass is 288 g/mol. The Morgan fingerprint density at radius 2 is 2.00 bits per heavy atom. The van der Waals surface area contributed by atoms with Gasteiger partial charge in [-0.05, 0) is 24.1 Å². The fourth-order valence-electron chi connectivity index (χ4n) is 1.30. The van der Waals surface area contributed by atoms with Gasteiger partial charge in [-0.2, -0.15) is 0 Å². The first kappa shape index (κ1) is 12.8. The summed E-state index contributed by atoms with van der Waals surface area (Å²) in [5.74, 6) is 0.354. The Bertz CT molecular complexity index is 378. The number of aliphatic carboxylic acids is 1. The summed E-state index contributed by atoms with van der Waals surface area (Å²) in [4.78, 5) is 10.1. The molecule has 0 bridgehead atoms. The molecule has 0 aliphatic rings. The second-order valence-corrected chi connectivity index (χ2v) is 4.30. The number of ether oxygens (including phenoxy) is 2. The lowest BCUT2D eigenvalue weighted by Crippen LogP contribution is -2.15. The molecule has 0 radical (unpaired) electrons. The topological polar surface area (TPSA) is 55.8 Å². The molecule has 1 aromatic carbocycles. The number of benzene rings is 1. The van der Waals surface area contributed by atoms with Gasteiger partial charge < -0.3 is 14.6 Å². The fraction of sp³-hybridized carbons (Fsp3) is 0.364. The van der Waals surface area contributed by atoms with Crippen LogP contribution in [0.5, 0.6) is 11.5 Å². The number of methoxy groups -OCH3 is 2. The molecule has 5 heteroatoms. The molecule has 0 spiro atoms. The third-order valence-electron chi connectivity index (χ3n) is 2.13. The Morgan fingerprint density at radius 3 is 2.50 bits per heavy atom. The zero-order chi connectivity index (χ0) is 12.1. The van der Waals surface area contributed by atoms with Gasteiger partial charge in [0.2, 0.25) is 0 Å². The number of halogens is 1. The van der Waals surface area contributed by atoms with E-state index in [1.807, 2.05) is 6.07 Å². The molecule has 0 aromatic heterocycles. The Hall–Kier alpha value is -1.23. The highest BCUT2D eigenvalue weighted by molar-refractivity contribution is 9.10. The summed E-state index contributed by atoms with van der Waals surface area (Å²) in [7, 11) is 3.10. The van der Waals surface area contributed by atoms with E-state index in [0.29, 0.717) is 17.9 Å². The summed E-state index contributed by atoms with van der Waals surface area (Å²) < 4.78 is 10.2. The summed E-state index contributed by atoms with van der Waals surface area (Å²) in [6, 6.07) is 5.35. The van der Waals surface area contributed by atoms with E-state index in [1.165, 1.54) is 0 Å². The smallest absolute Gasteiger partial charge is 0.317 e. The average Bonchev–Trinajstić information content (AvgIpc) is 2.28. The van der Waals surface area contributed by atoms with Crippen molar-refractivity contribution in [3.05, 3.63) is 23.8 Å². The lowest BCUT2D eigenvalue weighted by molar-refractivity contribution is -0.136. The van der Waals surface area contributed by atoms with E-state index in [2.05, 4.69) is 15.9 Å². The summed E-state index contributed by atoms with van der Waals surface area (Å²) >= 11 is 3.09. The SMILES string of the molecule is COc1ccc(CC(Br)C(=O)O)cc1OC. The number of carbonyl (C=O) groups is 1. The molecule has 0 saturated heterocycles. The molecule has 1 N–H and O–H groups in total. The molecule has 0 heterocycles. The Kier molecular flexibility index (Phi) is 4.61. The minimum atomic E-state index is -0.880. The van der Waals surface area contributed by atoms with Gasteiger partial charge in [0.1, 0.15) is 4.83 Å². The van der Waals surface area contributed by atoms with Gasteiger partial charge in [0.25, 0.3) is 0 Å². The first-order valence-corrected chi connectivity index (χ1v) is 5.57. The molecule has 1 atom stereocenters. The molecule has 88 valence electrons.